The topological polar surface area (TPSA) is 67.6 Å². The molecule has 28 heavy (non-hydrogen) atoms. The van der Waals surface area contributed by atoms with E-state index in [0.717, 1.165) is 24.2 Å². The number of nitrogens with two attached hydrogens (primary N) is 1. The first-order chi connectivity index (χ1) is 12.5. The van der Waals surface area contributed by atoms with Crippen molar-refractivity contribution in [2.75, 3.05) is 27.7 Å². The number of rotatable bonds is 6. The Morgan fingerprint density at radius 1 is 1.21 bits per heavy atom. The minimum atomic E-state index is 0. The van der Waals surface area contributed by atoms with Crippen LogP contribution in [0.1, 0.15) is 43.7 Å². The Hall–Kier alpha value is -1.01. The molecule has 160 valence electrons. The maximum atomic E-state index is 12.8. The number of carbonyl (C=O) groups excluding carboxylic acids is 1. The highest BCUT2D eigenvalue weighted by Gasteiger charge is 2.40. The van der Waals surface area contributed by atoms with Gasteiger partial charge >= 0.3 is 0 Å². The summed E-state index contributed by atoms with van der Waals surface area (Å²) in [6.07, 6.45) is 5.54. The van der Waals surface area contributed by atoms with E-state index in [1.807, 2.05) is 32.3 Å². The van der Waals surface area contributed by atoms with Gasteiger partial charge in [-0.2, -0.15) is 0 Å². The van der Waals surface area contributed by atoms with Crippen LogP contribution in [0.4, 0.5) is 0 Å². The smallest absolute Gasteiger partial charge is 0.223 e. The molecule has 0 spiro atoms. The summed E-state index contributed by atoms with van der Waals surface area (Å²) < 4.78 is 5.51. The van der Waals surface area contributed by atoms with Crippen molar-refractivity contribution in [1.82, 2.24) is 10.2 Å². The van der Waals surface area contributed by atoms with Crippen molar-refractivity contribution in [3.63, 3.8) is 0 Å². The highest BCUT2D eigenvalue weighted by Crippen LogP contribution is 2.42. The molecule has 3 unspecified atom stereocenters. The fraction of sp³-hybridized carbons (Fsp3) is 0.667. The quantitative estimate of drug-likeness (QED) is 0.723. The van der Waals surface area contributed by atoms with E-state index in [2.05, 4.69) is 16.3 Å². The van der Waals surface area contributed by atoms with Gasteiger partial charge in [0, 0.05) is 24.1 Å². The second-order valence-electron chi connectivity index (χ2n) is 8.16. The van der Waals surface area contributed by atoms with Crippen molar-refractivity contribution in [3.8, 4) is 5.75 Å². The van der Waals surface area contributed by atoms with Crippen molar-refractivity contribution in [1.29, 1.82) is 0 Å². The molecule has 0 aromatic heterocycles. The van der Waals surface area contributed by atoms with Crippen LogP contribution in [0.25, 0.3) is 0 Å². The molecule has 2 aliphatic rings. The first-order valence-corrected chi connectivity index (χ1v) is 9.84. The second kappa shape index (κ2) is 11.2. The van der Waals surface area contributed by atoms with Crippen LogP contribution in [-0.4, -0.2) is 44.6 Å². The number of halogens is 2. The number of hydrogen-bond acceptors (Lipinski definition) is 4. The number of nitrogens with one attached hydrogen (secondary N) is 1. The average molecular weight is 432 g/mol. The molecule has 0 radical (unpaired) electrons. The molecular formula is C21H35Cl2N3O2. The predicted molar refractivity (Wildman–Crippen MR) is 118 cm³/mol. The van der Waals surface area contributed by atoms with Crippen LogP contribution in [0, 0.1) is 17.8 Å². The Balaban J connectivity index is 0.00000196. The molecular weight excluding hydrogens is 397 g/mol. The molecule has 2 bridgehead atoms. The van der Waals surface area contributed by atoms with Gasteiger partial charge in [-0.3, -0.25) is 4.79 Å². The van der Waals surface area contributed by atoms with Crippen molar-refractivity contribution in [2.45, 2.75) is 44.2 Å². The Labute approximate surface area is 181 Å². The Bertz CT molecular complexity index is 615. The Kier molecular flexibility index (Phi) is 10.1. The third kappa shape index (κ3) is 5.53. The van der Waals surface area contributed by atoms with E-state index < -0.39 is 0 Å². The van der Waals surface area contributed by atoms with Crippen LogP contribution < -0.4 is 15.8 Å². The normalized spacial score (nSPS) is 27.2. The fourth-order valence-electron chi connectivity index (χ4n) is 4.86. The standard InChI is InChI=1S/C21H33N3O2.2ClH/c1-24(2)18(17-9-4-5-10-19(17)26-3)13-23-21(25)16-11-14-7-6-8-15(12-16)20(14)22;;/h4-5,9-10,14-16,18,20H,6-8,11-13,22H2,1-3H3,(H,23,25);2*1H. The first-order valence-electron chi connectivity index (χ1n) is 9.84. The molecule has 0 saturated heterocycles. The van der Waals surface area contributed by atoms with Gasteiger partial charge in [0.1, 0.15) is 5.75 Å². The van der Waals surface area contributed by atoms with Crippen LogP contribution in [0.5, 0.6) is 5.75 Å². The van der Waals surface area contributed by atoms with Crippen LogP contribution in [0.3, 0.4) is 0 Å². The SMILES string of the molecule is COc1ccccc1C(CNC(=O)C1CC2CCCC(C1)C2N)N(C)C.Cl.Cl. The summed E-state index contributed by atoms with van der Waals surface area (Å²) in [5.74, 6) is 2.22. The fourth-order valence-corrected chi connectivity index (χ4v) is 4.86. The molecule has 3 N–H and O–H groups in total. The third-order valence-corrected chi connectivity index (χ3v) is 6.37. The highest BCUT2D eigenvalue weighted by molar-refractivity contribution is 5.85. The summed E-state index contributed by atoms with van der Waals surface area (Å²) in [5.41, 5.74) is 7.46. The maximum Gasteiger partial charge on any atom is 0.223 e. The van der Waals surface area contributed by atoms with Gasteiger partial charge in [-0.1, -0.05) is 24.6 Å². The largest absolute Gasteiger partial charge is 0.496 e. The highest BCUT2D eigenvalue weighted by atomic mass is 35.5. The molecule has 2 aliphatic carbocycles. The lowest BCUT2D eigenvalue weighted by atomic mass is 9.65. The number of carbonyl (C=O) groups is 1. The van der Waals surface area contributed by atoms with Crippen molar-refractivity contribution < 1.29 is 9.53 Å². The van der Waals surface area contributed by atoms with Crippen LogP contribution in [0.2, 0.25) is 0 Å². The molecule has 2 saturated carbocycles. The van der Waals surface area contributed by atoms with Gasteiger partial charge < -0.3 is 20.7 Å². The summed E-state index contributed by atoms with van der Waals surface area (Å²) in [6.45, 7) is 0.587. The van der Waals surface area contributed by atoms with Gasteiger partial charge in [-0.05, 0) is 57.7 Å². The zero-order valence-electron chi connectivity index (χ0n) is 17.1. The summed E-state index contributed by atoms with van der Waals surface area (Å²) >= 11 is 0. The number of fused-ring (bicyclic) bond motifs is 2. The van der Waals surface area contributed by atoms with Gasteiger partial charge in [0.15, 0.2) is 0 Å². The van der Waals surface area contributed by atoms with Crippen LogP contribution in [-0.2, 0) is 4.79 Å². The van der Waals surface area contributed by atoms with Crippen molar-refractivity contribution in [3.05, 3.63) is 29.8 Å². The summed E-state index contributed by atoms with van der Waals surface area (Å²) in [4.78, 5) is 15.0. The van der Waals surface area contributed by atoms with Gasteiger partial charge in [0.2, 0.25) is 5.91 Å². The van der Waals surface area contributed by atoms with Gasteiger partial charge in [-0.25, -0.2) is 0 Å². The van der Waals surface area contributed by atoms with Gasteiger partial charge in [0.05, 0.1) is 13.2 Å². The van der Waals surface area contributed by atoms with Gasteiger partial charge in [-0.15, -0.1) is 24.8 Å². The van der Waals surface area contributed by atoms with E-state index in [-0.39, 0.29) is 42.7 Å². The van der Waals surface area contributed by atoms with E-state index in [4.69, 9.17) is 10.5 Å². The van der Waals surface area contributed by atoms with Crippen LogP contribution in [0.15, 0.2) is 24.3 Å². The molecule has 1 aromatic rings. The predicted octanol–water partition coefficient (Wildman–Crippen LogP) is 3.41. The Morgan fingerprint density at radius 2 is 1.82 bits per heavy atom. The van der Waals surface area contributed by atoms with E-state index in [1.165, 1.54) is 19.3 Å². The molecule has 2 fully saturated rings. The maximum absolute atomic E-state index is 12.8. The number of amides is 1. The number of methoxy groups -OCH3 is 1. The number of nitrogens with zero attached hydrogens (tertiary/aromatic N) is 1. The minimum absolute atomic E-state index is 0. The van der Waals surface area contributed by atoms with E-state index in [0.29, 0.717) is 24.4 Å². The zero-order chi connectivity index (χ0) is 18.7. The first kappa shape index (κ1) is 25.0. The molecule has 5 nitrogen and oxygen atoms in total. The van der Waals surface area contributed by atoms with E-state index in [1.54, 1.807) is 7.11 Å². The molecule has 1 aromatic carbocycles. The molecule has 3 rings (SSSR count). The average Bonchev–Trinajstić information content (AvgIpc) is 2.61. The van der Waals surface area contributed by atoms with Crippen molar-refractivity contribution >= 4 is 30.7 Å². The number of ether oxygens (including phenoxy) is 1. The molecule has 1 amide bonds. The lowest BCUT2D eigenvalue weighted by molar-refractivity contribution is -0.128. The lowest BCUT2D eigenvalue weighted by Gasteiger charge is -2.43. The number of para-hydroxylation sites is 1. The molecule has 0 aliphatic heterocycles. The molecule has 3 atom stereocenters. The molecule has 0 heterocycles. The number of hydrogen-bond donors (Lipinski definition) is 2. The summed E-state index contributed by atoms with van der Waals surface area (Å²) in [5, 5.41) is 3.21. The summed E-state index contributed by atoms with van der Waals surface area (Å²) in [6, 6.07) is 8.41. The van der Waals surface area contributed by atoms with Crippen molar-refractivity contribution in [2.24, 2.45) is 23.5 Å². The summed E-state index contributed by atoms with van der Waals surface area (Å²) in [7, 11) is 5.76. The van der Waals surface area contributed by atoms with E-state index >= 15 is 0 Å². The Morgan fingerprint density at radius 3 is 2.39 bits per heavy atom. The van der Waals surface area contributed by atoms with E-state index in [9.17, 15) is 4.79 Å². The third-order valence-electron chi connectivity index (χ3n) is 6.37. The minimum Gasteiger partial charge on any atom is -0.496 e. The second-order valence-corrected chi connectivity index (χ2v) is 8.16. The zero-order valence-corrected chi connectivity index (χ0v) is 18.7. The lowest BCUT2D eigenvalue weighted by Crippen LogP contribution is -2.49. The number of likely N-dealkylation sites (N-methyl/N-ethyl adjacent to an activating group) is 1. The van der Waals surface area contributed by atoms with Crippen LogP contribution >= 0.6 is 24.8 Å². The van der Waals surface area contributed by atoms with Gasteiger partial charge in [0.25, 0.3) is 0 Å². The monoisotopic (exact) mass is 431 g/mol. The molecule has 7 heteroatoms. The number of benzene rings is 1.